The lowest BCUT2D eigenvalue weighted by atomic mass is 9.98. The molecule has 9 nitrogen and oxygen atoms in total. The molecule has 0 bridgehead atoms. The lowest BCUT2D eigenvalue weighted by molar-refractivity contribution is -0.155. The van der Waals surface area contributed by atoms with Crippen LogP contribution in [0.5, 0.6) is 0 Å². The van der Waals surface area contributed by atoms with Crippen LogP contribution in [0.2, 0.25) is 0 Å². The summed E-state index contributed by atoms with van der Waals surface area (Å²) in [7, 11) is 0. The molecule has 0 saturated heterocycles. The highest BCUT2D eigenvalue weighted by Gasteiger charge is 2.31. The summed E-state index contributed by atoms with van der Waals surface area (Å²) < 4.78 is 5.55. The molecule has 1 heterocycles. The molecule has 10 heteroatoms. The molecule has 2 unspecified atom stereocenters. The Bertz CT molecular complexity index is 1230. The van der Waals surface area contributed by atoms with Crippen molar-refractivity contribution in [2.24, 2.45) is 0 Å². The fourth-order valence-corrected chi connectivity index (χ4v) is 4.69. The van der Waals surface area contributed by atoms with Gasteiger partial charge in [-0.05, 0) is 36.1 Å². The Labute approximate surface area is 205 Å². The zero-order valence-corrected chi connectivity index (χ0v) is 20.0. The number of aliphatic hydroxyl groups is 1. The Kier molecular flexibility index (Phi) is 6.86. The number of alkyl carbamates (subject to hydrolysis) is 1. The molecule has 182 valence electrons. The molecule has 0 saturated carbocycles. The van der Waals surface area contributed by atoms with Crippen LogP contribution in [0.4, 0.5) is 4.79 Å². The number of benzene rings is 2. The van der Waals surface area contributed by atoms with Crippen LogP contribution in [0.15, 0.2) is 53.9 Å². The summed E-state index contributed by atoms with van der Waals surface area (Å²) in [6.07, 6.45) is -0.599. The van der Waals surface area contributed by atoms with E-state index in [-0.39, 0.29) is 18.2 Å². The second-order valence-electron chi connectivity index (χ2n) is 8.52. The molecule has 1 aliphatic rings. The minimum Gasteiger partial charge on any atom is -0.479 e. The van der Waals surface area contributed by atoms with Gasteiger partial charge in [0.1, 0.15) is 17.3 Å². The third kappa shape index (κ3) is 5.18. The topological polar surface area (TPSA) is 138 Å². The predicted molar refractivity (Wildman–Crippen MR) is 129 cm³/mol. The van der Waals surface area contributed by atoms with Gasteiger partial charge >= 0.3 is 12.1 Å². The number of carboxylic acid groups (broad SMARTS) is 1. The Morgan fingerprint density at radius 1 is 1.11 bits per heavy atom. The van der Waals surface area contributed by atoms with E-state index in [0.717, 1.165) is 29.2 Å². The first kappa shape index (κ1) is 24.4. The second kappa shape index (κ2) is 9.85. The van der Waals surface area contributed by atoms with E-state index >= 15 is 0 Å². The van der Waals surface area contributed by atoms with Gasteiger partial charge < -0.3 is 25.6 Å². The average Bonchev–Trinajstić information content (AvgIpc) is 3.45. The number of thiazole rings is 1. The van der Waals surface area contributed by atoms with Gasteiger partial charge in [0.25, 0.3) is 5.91 Å². The number of aliphatic carboxylic acids is 1. The first-order chi connectivity index (χ1) is 16.7. The van der Waals surface area contributed by atoms with E-state index in [1.54, 1.807) is 6.92 Å². The number of hydrogen-bond acceptors (Lipinski definition) is 7. The number of amides is 2. The monoisotopic (exact) mass is 495 g/mol. The highest BCUT2D eigenvalue weighted by atomic mass is 32.1. The summed E-state index contributed by atoms with van der Waals surface area (Å²) in [5.41, 5.74) is 2.49. The van der Waals surface area contributed by atoms with Crippen LogP contribution in [0.25, 0.3) is 11.1 Å². The highest BCUT2D eigenvalue weighted by molar-refractivity contribution is 7.09. The molecule has 2 atom stereocenters. The quantitative estimate of drug-likeness (QED) is 0.376. The third-order valence-corrected chi connectivity index (χ3v) is 6.88. The molecule has 1 aromatic heterocycles. The SMILES string of the molecule is CC(NC(=O)OCC1c2ccccc2-c2ccccc21)c1nc(C(=O)NCC(C)(O)C(=O)O)cs1. The number of nitrogens with zero attached hydrogens (tertiary/aromatic N) is 1. The molecule has 0 radical (unpaired) electrons. The first-order valence-corrected chi connectivity index (χ1v) is 11.9. The number of aromatic nitrogens is 1. The molecule has 4 N–H and O–H groups in total. The lowest BCUT2D eigenvalue weighted by Crippen LogP contribution is -2.46. The van der Waals surface area contributed by atoms with Crippen LogP contribution in [0.3, 0.4) is 0 Å². The van der Waals surface area contributed by atoms with E-state index in [0.29, 0.717) is 5.01 Å². The van der Waals surface area contributed by atoms with Gasteiger partial charge in [-0.2, -0.15) is 0 Å². The molecule has 35 heavy (non-hydrogen) atoms. The maximum Gasteiger partial charge on any atom is 0.407 e. The summed E-state index contributed by atoms with van der Waals surface area (Å²) in [6.45, 7) is 2.52. The number of carbonyl (C=O) groups excluding carboxylic acids is 2. The molecular weight excluding hydrogens is 470 g/mol. The van der Waals surface area contributed by atoms with Gasteiger partial charge in [0, 0.05) is 11.3 Å². The van der Waals surface area contributed by atoms with Gasteiger partial charge in [0.15, 0.2) is 5.60 Å². The van der Waals surface area contributed by atoms with E-state index < -0.39 is 36.2 Å². The van der Waals surface area contributed by atoms with Crippen LogP contribution < -0.4 is 10.6 Å². The smallest absolute Gasteiger partial charge is 0.407 e. The molecule has 0 aliphatic heterocycles. The molecule has 1 aliphatic carbocycles. The number of fused-ring (bicyclic) bond motifs is 3. The summed E-state index contributed by atoms with van der Waals surface area (Å²) >= 11 is 1.17. The van der Waals surface area contributed by atoms with Gasteiger partial charge in [-0.25, -0.2) is 14.6 Å². The van der Waals surface area contributed by atoms with Crippen LogP contribution in [-0.2, 0) is 9.53 Å². The van der Waals surface area contributed by atoms with Crippen molar-refractivity contribution < 1.29 is 29.3 Å². The maximum atomic E-state index is 12.5. The Morgan fingerprint density at radius 3 is 2.31 bits per heavy atom. The number of hydrogen-bond donors (Lipinski definition) is 4. The van der Waals surface area contributed by atoms with Crippen molar-refractivity contribution >= 4 is 29.3 Å². The van der Waals surface area contributed by atoms with Crippen LogP contribution in [0, 0.1) is 0 Å². The minimum atomic E-state index is -2.09. The van der Waals surface area contributed by atoms with Gasteiger partial charge in [0.05, 0.1) is 12.6 Å². The van der Waals surface area contributed by atoms with Crippen LogP contribution in [0.1, 0.15) is 52.4 Å². The van der Waals surface area contributed by atoms with E-state index in [2.05, 4.69) is 27.8 Å². The van der Waals surface area contributed by atoms with Crippen molar-refractivity contribution in [2.45, 2.75) is 31.4 Å². The fraction of sp³-hybridized carbons (Fsp3) is 0.280. The van der Waals surface area contributed by atoms with Crippen molar-refractivity contribution in [3.8, 4) is 11.1 Å². The number of carboxylic acids is 1. The van der Waals surface area contributed by atoms with Crippen molar-refractivity contribution in [3.05, 3.63) is 75.7 Å². The Hall–Kier alpha value is -3.76. The summed E-state index contributed by atoms with van der Waals surface area (Å²) in [4.78, 5) is 39.9. The molecule has 2 aromatic carbocycles. The molecule has 0 spiro atoms. The zero-order chi connectivity index (χ0) is 25.2. The van der Waals surface area contributed by atoms with Crippen molar-refractivity contribution in [2.75, 3.05) is 13.2 Å². The summed E-state index contributed by atoms with van der Waals surface area (Å²) in [6, 6.07) is 15.6. The number of ether oxygens (including phenoxy) is 1. The Morgan fingerprint density at radius 2 is 1.71 bits per heavy atom. The molecule has 2 amide bonds. The molecule has 4 rings (SSSR count). The largest absolute Gasteiger partial charge is 0.479 e. The van der Waals surface area contributed by atoms with E-state index in [1.807, 2.05) is 36.4 Å². The highest BCUT2D eigenvalue weighted by Crippen LogP contribution is 2.44. The average molecular weight is 496 g/mol. The maximum absolute atomic E-state index is 12.5. The van der Waals surface area contributed by atoms with E-state index in [9.17, 15) is 19.5 Å². The predicted octanol–water partition coefficient (Wildman–Crippen LogP) is 3.31. The molecule has 3 aromatic rings. The standard InChI is InChI=1S/C25H25N3O6S/c1-14(22-28-20(12-35-22)21(29)26-13-25(2,33)23(30)31)27-24(32)34-11-19-17-9-5-3-7-15(17)16-8-4-6-10-18(16)19/h3-10,12,14,19,33H,11,13H2,1-2H3,(H,26,29)(H,27,32)(H,30,31). The normalized spacial score (nSPS) is 14.8. The van der Waals surface area contributed by atoms with Gasteiger partial charge in [-0.3, -0.25) is 4.79 Å². The van der Waals surface area contributed by atoms with Gasteiger partial charge in [0.2, 0.25) is 0 Å². The summed E-state index contributed by atoms with van der Waals surface area (Å²) in [5.74, 6) is -2.12. The number of nitrogens with one attached hydrogen (secondary N) is 2. The number of rotatable bonds is 8. The molecule has 0 fully saturated rings. The van der Waals surface area contributed by atoms with Gasteiger partial charge in [-0.1, -0.05) is 48.5 Å². The summed E-state index contributed by atoms with van der Waals surface area (Å²) in [5, 5.41) is 25.7. The second-order valence-corrected chi connectivity index (χ2v) is 9.41. The van der Waals surface area contributed by atoms with E-state index in [4.69, 9.17) is 9.84 Å². The minimum absolute atomic E-state index is 0.0540. The van der Waals surface area contributed by atoms with Gasteiger partial charge in [-0.15, -0.1) is 11.3 Å². The van der Waals surface area contributed by atoms with Crippen molar-refractivity contribution in [3.63, 3.8) is 0 Å². The van der Waals surface area contributed by atoms with Crippen molar-refractivity contribution in [1.29, 1.82) is 0 Å². The van der Waals surface area contributed by atoms with Crippen LogP contribution >= 0.6 is 11.3 Å². The lowest BCUT2D eigenvalue weighted by Gasteiger charge is -2.17. The third-order valence-electron chi connectivity index (χ3n) is 5.86. The van der Waals surface area contributed by atoms with Crippen LogP contribution in [-0.4, -0.2) is 51.9 Å². The van der Waals surface area contributed by atoms with Crippen molar-refractivity contribution in [1.82, 2.24) is 15.6 Å². The first-order valence-electron chi connectivity index (χ1n) is 11.0. The molecular formula is C25H25N3O6S. The Balaban J connectivity index is 1.33. The fourth-order valence-electron chi connectivity index (χ4n) is 3.89. The van der Waals surface area contributed by atoms with E-state index in [1.165, 1.54) is 16.7 Å². The zero-order valence-electron chi connectivity index (χ0n) is 19.1. The number of carbonyl (C=O) groups is 3.